The largest absolute Gasteiger partial charge is 0.370 e. The van der Waals surface area contributed by atoms with Gasteiger partial charge < -0.3 is 19.1 Å². The van der Waals surface area contributed by atoms with Crippen molar-refractivity contribution in [2.24, 2.45) is 0 Å². The van der Waals surface area contributed by atoms with Crippen LogP contribution in [0.5, 0.6) is 0 Å². The summed E-state index contributed by atoms with van der Waals surface area (Å²) in [7, 11) is -0.811. The summed E-state index contributed by atoms with van der Waals surface area (Å²) < 4.78 is 26.3. The summed E-state index contributed by atoms with van der Waals surface area (Å²) in [5.41, 5.74) is 0. The number of thiol groups is 1. The van der Waals surface area contributed by atoms with Crippen molar-refractivity contribution < 1.29 is 18.6 Å². The molecule has 2 heterocycles. The molecule has 0 aromatic rings. The number of hydrogen-bond acceptors (Lipinski definition) is 6. The summed E-state index contributed by atoms with van der Waals surface area (Å²) in [6.45, 7) is 7.98. The number of morpholine rings is 1. The van der Waals surface area contributed by atoms with E-state index in [4.69, 9.17) is 9.26 Å². The van der Waals surface area contributed by atoms with Gasteiger partial charge in [0.05, 0.1) is 24.6 Å². The van der Waals surface area contributed by atoms with E-state index >= 15 is 0 Å². The second-order valence-corrected chi connectivity index (χ2v) is 9.13. The van der Waals surface area contributed by atoms with Crippen LogP contribution in [0.2, 0.25) is 0 Å². The van der Waals surface area contributed by atoms with Gasteiger partial charge in [0.1, 0.15) is 0 Å². The van der Waals surface area contributed by atoms with Crippen LogP contribution < -0.4 is 0 Å². The fourth-order valence-corrected chi connectivity index (χ4v) is 4.79. The first-order chi connectivity index (χ1) is 10.8. The monoisotopic (exact) mass is 365 g/mol. The van der Waals surface area contributed by atoms with Crippen molar-refractivity contribution in [2.75, 3.05) is 65.3 Å². The Morgan fingerprint density at radius 1 is 1.30 bits per heavy atom. The van der Waals surface area contributed by atoms with Crippen LogP contribution in [-0.4, -0.2) is 97.9 Å². The second-order valence-electron chi connectivity index (χ2n) is 6.38. The quantitative estimate of drug-likeness (QED) is 0.569. The molecule has 134 valence electrons. The molecular formula is C14H28N3O4PS. The van der Waals surface area contributed by atoms with Crippen molar-refractivity contribution in [1.82, 2.24) is 14.5 Å². The van der Waals surface area contributed by atoms with Gasteiger partial charge in [0.2, 0.25) is 5.91 Å². The minimum atomic E-state index is -2.86. The molecule has 2 fully saturated rings. The third kappa shape index (κ3) is 5.44. The molecule has 0 N–H and O–H groups in total. The van der Waals surface area contributed by atoms with Gasteiger partial charge in [-0.2, -0.15) is 12.6 Å². The third-order valence-corrected chi connectivity index (χ3v) is 6.59. The molecule has 0 radical (unpaired) electrons. The van der Waals surface area contributed by atoms with Gasteiger partial charge in [0.15, 0.2) is 0 Å². The Morgan fingerprint density at radius 3 is 2.52 bits per heavy atom. The minimum Gasteiger partial charge on any atom is -0.370 e. The first-order valence-corrected chi connectivity index (χ1v) is 10.7. The number of carbonyl (C=O) groups is 1. The van der Waals surface area contributed by atoms with Crippen molar-refractivity contribution in [3.63, 3.8) is 0 Å². The summed E-state index contributed by atoms with van der Waals surface area (Å²) in [5, 5.41) is 0. The summed E-state index contributed by atoms with van der Waals surface area (Å²) in [6.07, 6.45) is 0.110. The van der Waals surface area contributed by atoms with Crippen molar-refractivity contribution in [3.05, 3.63) is 0 Å². The molecular weight excluding hydrogens is 337 g/mol. The standard InChI is InChI=1S/C14H28N3O4PS/c1-12-8-15(2)9-13(21-12)10-20-22(3,19)17-6-4-16(5-7-17)14(18)11-23/h12-13,23H,4-11H2,1-3H3. The number of carbonyl (C=O) groups excluding carboxylic acids is 1. The van der Waals surface area contributed by atoms with E-state index in [0.29, 0.717) is 32.8 Å². The van der Waals surface area contributed by atoms with Crippen LogP contribution in [0.4, 0.5) is 0 Å². The molecule has 7 nitrogen and oxygen atoms in total. The lowest BCUT2D eigenvalue weighted by Gasteiger charge is -2.38. The fourth-order valence-electron chi connectivity index (χ4n) is 3.08. The molecule has 2 rings (SSSR count). The smallest absolute Gasteiger partial charge is 0.269 e. The highest BCUT2D eigenvalue weighted by Crippen LogP contribution is 2.47. The van der Waals surface area contributed by atoms with E-state index in [-0.39, 0.29) is 23.9 Å². The molecule has 0 spiro atoms. The predicted octanol–water partition coefficient (Wildman–Crippen LogP) is 0.619. The Labute approximate surface area is 144 Å². The maximum atomic E-state index is 12.8. The van der Waals surface area contributed by atoms with E-state index in [9.17, 15) is 9.36 Å². The molecule has 23 heavy (non-hydrogen) atoms. The van der Waals surface area contributed by atoms with Crippen molar-refractivity contribution in [2.45, 2.75) is 19.1 Å². The van der Waals surface area contributed by atoms with Crippen LogP contribution in [0, 0.1) is 0 Å². The minimum absolute atomic E-state index is 0.0208. The number of amides is 1. The topological polar surface area (TPSA) is 62.3 Å². The Hall–Kier alpha value is -0.110. The van der Waals surface area contributed by atoms with Gasteiger partial charge in [0, 0.05) is 45.9 Å². The molecule has 0 saturated carbocycles. The van der Waals surface area contributed by atoms with E-state index in [1.54, 1.807) is 11.6 Å². The normalized spacial score (nSPS) is 30.2. The summed E-state index contributed by atoms with van der Waals surface area (Å²) in [4.78, 5) is 15.6. The number of likely N-dealkylation sites (N-methyl/N-ethyl adjacent to an activating group) is 1. The van der Waals surface area contributed by atoms with Crippen molar-refractivity contribution >= 4 is 26.1 Å². The molecule has 2 aliphatic rings. The molecule has 3 atom stereocenters. The molecule has 0 aliphatic carbocycles. The lowest BCUT2D eigenvalue weighted by atomic mass is 10.2. The summed E-state index contributed by atoms with van der Waals surface area (Å²) in [6, 6.07) is 0. The van der Waals surface area contributed by atoms with Crippen LogP contribution in [0.1, 0.15) is 6.92 Å². The first-order valence-electron chi connectivity index (χ1n) is 8.02. The van der Waals surface area contributed by atoms with Gasteiger partial charge in [-0.1, -0.05) is 0 Å². The Bertz CT molecular complexity index is 449. The van der Waals surface area contributed by atoms with Gasteiger partial charge in [-0.25, -0.2) is 4.67 Å². The van der Waals surface area contributed by atoms with Crippen LogP contribution in [0.25, 0.3) is 0 Å². The number of ether oxygens (including phenoxy) is 1. The molecule has 2 aliphatic heterocycles. The summed E-state index contributed by atoms with van der Waals surface area (Å²) >= 11 is 4.01. The van der Waals surface area contributed by atoms with E-state index in [1.165, 1.54) is 0 Å². The van der Waals surface area contributed by atoms with E-state index in [2.05, 4.69) is 24.6 Å². The zero-order valence-electron chi connectivity index (χ0n) is 14.2. The Kier molecular flexibility index (Phi) is 6.95. The van der Waals surface area contributed by atoms with E-state index in [1.807, 2.05) is 11.6 Å². The zero-order valence-corrected chi connectivity index (χ0v) is 16.0. The molecule has 0 aromatic heterocycles. The second kappa shape index (κ2) is 8.32. The average Bonchev–Trinajstić information content (AvgIpc) is 2.51. The maximum Gasteiger partial charge on any atom is 0.269 e. The zero-order chi connectivity index (χ0) is 17.0. The Balaban J connectivity index is 1.80. The average molecular weight is 365 g/mol. The van der Waals surface area contributed by atoms with Crippen LogP contribution in [0.15, 0.2) is 0 Å². The van der Waals surface area contributed by atoms with Gasteiger partial charge in [-0.3, -0.25) is 9.36 Å². The highest BCUT2D eigenvalue weighted by molar-refractivity contribution is 7.81. The van der Waals surface area contributed by atoms with Crippen molar-refractivity contribution in [3.8, 4) is 0 Å². The van der Waals surface area contributed by atoms with Crippen LogP contribution in [-0.2, 0) is 18.6 Å². The van der Waals surface area contributed by atoms with Gasteiger partial charge in [0.25, 0.3) is 7.52 Å². The molecule has 1 amide bonds. The molecule has 0 aromatic carbocycles. The number of rotatable bonds is 5. The van der Waals surface area contributed by atoms with Gasteiger partial charge >= 0.3 is 0 Å². The lowest BCUT2D eigenvalue weighted by molar-refractivity contribution is -0.129. The first kappa shape index (κ1) is 19.2. The summed E-state index contributed by atoms with van der Waals surface area (Å²) in [5.74, 6) is 0.234. The van der Waals surface area contributed by atoms with E-state index < -0.39 is 7.52 Å². The van der Waals surface area contributed by atoms with Gasteiger partial charge in [-0.05, 0) is 14.0 Å². The molecule has 9 heteroatoms. The van der Waals surface area contributed by atoms with Gasteiger partial charge in [-0.15, -0.1) is 0 Å². The molecule has 0 bridgehead atoms. The predicted molar refractivity (Wildman–Crippen MR) is 93.3 cm³/mol. The van der Waals surface area contributed by atoms with Crippen molar-refractivity contribution in [1.29, 1.82) is 0 Å². The number of hydrogen-bond donors (Lipinski definition) is 1. The maximum absolute atomic E-state index is 12.8. The third-order valence-electron chi connectivity index (χ3n) is 4.27. The molecule has 2 saturated heterocycles. The lowest BCUT2D eigenvalue weighted by Crippen LogP contribution is -2.48. The highest BCUT2D eigenvalue weighted by Gasteiger charge is 2.33. The SMILES string of the molecule is CC1CN(C)CC(COP(C)(=O)N2CCN(C(=O)CS)CC2)O1. The molecule has 3 unspecified atom stereocenters. The fraction of sp³-hybridized carbons (Fsp3) is 0.929. The van der Waals surface area contributed by atoms with E-state index in [0.717, 1.165) is 13.1 Å². The van der Waals surface area contributed by atoms with Crippen LogP contribution in [0.3, 0.4) is 0 Å². The van der Waals surface area contributed by atoms with Crippen LogP contribution >= 0.6 is 20.1 Å². The highest BCUT2D eigenvalue weighted by atomic mass is 32.1. The number of nitrogens with zero attached hydrogens (tertiary/aromatic N) is 3. The Morgan fingerprint density at radius 2 is 1.96 bits per heavy atom. The number of piperazine rings is 1.